The number of thiophene rings is 1. The van der Waals surface area contributed by atoms with Crippen molar-refractivity contribution in [1.82, 2.24) is 0 Å². The van der Waals surface area contributed by atoms with Crippen molar-refractivity contribution in [2.45, 2.75) is 38.3 Å². The first-order valence-corrected chi connectivity index (χ1v) is 7.75. The smallest absolute Gasteiger partial charge is 0.324 e. The van der Waals surface area contributed by atoms with Gasteiger partial charge in [-0.25, -0.2) is 0 Å². The first-order valence-electron chi connectivity index (χ1n) is 5.13. The Morgan fingerprint density at radius 1 is 1.47 bits per heavy atom. The highest BCUT2D eigenvalue weighted by Crippen LogP contribution is 2.54. The molecule has 86 valence electrons. The first-order chi connectivity index (χ1) is 7.05. The third kappa shape index (κ3) is 4.07. The van der Waals surface area contributed by atoms with E-state index in [1.165, 1.54) is 11.3 Å². The molecule has 0 saturated carbocycles. The molecule has 0 amide bonds. The minimum absolute atomic E-state index is 0.578. The van der Waals surface area contributed by atoms with E-state index < -0.39 is 13.3 Å². The summed E-state index contributed by atoms with van der Waals surface area (Å²) in [7, 11) is -4.00. The molecule has 0 bridgehead atoms. The molecule has 1 atom stereocenters. The number of unbranched alkanes of at least 4 members (excludes halogenated alkanes) is 2. The molecule has 1 unspecified atom stereocenters. The van der Waals surface area contributed by atoms with Crippen LogP contribution in [-0.4, -0.2) is 9.79 Å². The van der Waals surface area contributed by atoms with E-state index in [2.05, 4.69) is 6.92 Å². The lowest BCUT2D eigenvalue weighted by Gasteiger charge is -2.17. The van der Waals surface area contributed by atoms with Crippen molar-refractivity contribution in [1.29, 1.82) is 0 Å². The molecule has 0 fully saturated rings. The molecule has 1 aromatic heterocycles. The molecule has 15 heavy (non-hydrogen) atoms. The standard InChI is InChI=1S/C10H17O3PS/c1-2-3-4-5-10(14(11,12)13)9-6-7-15-8-9/h6-8,10H,2-5H2,1H3,(H2,11,12,13). The molecule has 1 aromatic rings. The zero-order valence-corrected chi connectivity index (χ0v) is 10.5. The molecule has 0 aliphatic rings. The summed E-state index contributed by atoms with van der Waals surface area (Å²) in [6.07, 6.45) is 3.55. The van der Waals surface area contributed by atoms with E-state index >= 15 is 0 Å². The quantitative estimate of drug-likeness (QED) is 0.598. The third-order valence-electron chi connectivity index (χ3n) is 2.42. The molecule has 0 aliphatic carbocycles. The summed E-state index contributed by atoms with van der Waals surface area (Å²) in [4.78, 5) is 18.5. The Labute approximate surface area is 94.3 Å². The highest BCUT2D eigenvalue weighted by Gasteiger charge is 2.29. The second kappa shape index (κ2) is 5.80. The normalized spacial score (nSPS) is 14.1. The molecule has 0 saturated heterocycles. The van der Waals surface area contributed by atoms with Crippen LogP contribution in [0.15, 0.2) is 16.8 Å². The fourth-order valence-electron chi connectivity index (χ4n) is 1.58. The van der Waals surface area contributed by atoms with E-state index in [4.69, 9.17) is 0 Å². The van der Waals surface area contributed by atoms with Crippen LogP contribution in [0.5, 0.6) is 0 Å². The van der Waals surface area contributed by atoms with E-state index in [0.717, 1.165) is 24.8 Å². The lowest BCUT2D eigenvalue weighted by Crippen LogP contribution is -1.98. The van der Waals surface area contributed by atoms with Crippen LogP contribution in [0, 0.1) is 0 Å². The highest BCUT2D eigenvalue weighted by molar-refractivity contribution is 7.52. The Morgan fingerprint density at radius 2 is 2.20 bits per heavy atom. The van der Waals surface area contributed by atoms with Gasteiger partial charge in [0.25, 0.3) is 0 Å². The first kappa shape index (κ1) is 12.9. The Bertz CT molecular complexity index is 317. The van der Waals surface area contributed by atoms with Gasteiger partial charge in [-0.1, -0.05) is 26.2 Å². The Morgan fingerprint density at radius 3 is 2.67 bits per heavy atom. The molecule has 0 aliphatic heterocycles. The molecule has 0 radical (unpaired) electrons. The minimum Gasteiger partial charge on any atom is -0.324 e. The van der Waals surface area contributed by atoms with Gasteiger partial charge < -0.3 is 9.79 Å². The van der Waals surface area contributed by atoms with E-state index in [1.807, 2.05) is 10.8 Å². The molecule has 2 N–H and O–H groups in total. The van der Waals surface area contributed by atoms with Crippen LogP contribution in [-0.2, 0) is 4.57 Å². The van der Waals surface area contributed by atoms with Crippen LogP contribution in [0.2, 0.25) is 0 Å². The Balaban J connectivity index is 2.67. The van der Waals surface area contributed by atoms with Crippen molar-refractivity contribution in [2.75, 3.05) is 0 Å². The van der Waals surface area contributed by atoms with Crippen molar-refractivity contribution in [3.05, 3.63) is 22.4 Å². The third-order valence-corrected chi connectivity index (χ3v) is 4.48. The number of hydrogen-bond donors (Lipinski definition) is 2. The van der Waals surface area contributed by atoms with E-state index in [1.54, 1.807) is 6.07 Å². The van der Waals surface area contributed by atoms with Gasteiger partial charge in [-0.2, -0.15) is 11.3 Å². The second-order valence-electron chi connectivity index (χ2n) is 3.66. The van der Waals surface area contributed by atoms with Gasteiger partial charge in [0, 0.05) is 0 Å². The van der Waals surface area contributed by atoms with Crippen LogP contribution in [0.1, 0.15) is 43.8 Å². The molecule has 0 aromatic carbocycles. The van der Waals surface area contributed by atoms with Gasteiger partial charge in [0.15, 0.2) is 0 Å². The zero-order valence-electron chi connectivity index (χ0n) is 8.80. The fraction of sp³-hybridized carbons (Fsp3) is 0.600. The summed E-state index contributed by atoms with van der Waals surface area (Å²) in [6.45, 7) is 2.08. The maximum absolute atomic E-state index is 11.3. The Hall–Kier alpha value is -0.150. The van der Waals surface area contributed by atoms with Crippen molar-refractivity contribution in [3.8, 4) is 0 Å². The molecular formula is C10H17O3PS. The SMILES string of the molecule is CCCCCC(c1ccsc1)P(=O)(O)O. The summed E-state index contributed by atoms with van der Waals surface area (Å²) < 4.78 is 11.3. The zero-order chi connectivity index (χ0) is 11.3. The van der Waals surface area contributed by atoms with Crippen LogP contribution >= 0.6 is 18.9 Å². The maximum atomic E-state index is 11.3. The Kier molecular flexibility index (Phi) is 5.00. The van der Waals surface area contributed by atoms with Crippen LogP contribution in [0.4, 0.5) is 0 Å². The molecule has 3 nitrogen and oxygen atoms in total. The van der Waals surface area contributed by atoms with Crippen LogP contribution < -0.4 is 0 Å². The topological polar surface area (TPSA) is 57.5 Å². The molecule has 1 heterocycles. The number of hydrogen-bond acceptors (Lipinski definition) is 2. The molecule has 1 rings (SSSR count). The van der Waals surface area contributed by atoms with Crippen molar-refractivity contribution < 1.29 is 14.4 Å². The summed E-state index contributed by atoms with van der Waals surface area (Å²) >= 11 is 1.48. The van der Waals surface area contributed by atoms with E-state index in [0.29, 0.717) is 6.42 Å². The average molecular weight is 248 g/mol. The van der Waals surface area contributed by atoms with Gasteiger partial charge in [-0.05, 0) is 28.8 Å². The summed E-state index contributed by atoms with van der Waals surface area (Å²) in [6, 6.07) is 1.81. The summed E-state index contributed by atoms with van der Waals surface area (Å²) in [5, 5.41) is 3.69. The monoisotopic (exact) mass is 248 g/mol. The van der Waals surface area contributed by atoms with Gasteiger partial charge in [-0.15, -0.1) is 0 Å². The van der Waals surface area contributed by atoms with E-state index in [-0.39, 0.29) is 0 Å². The predicted octanol–water partition coefficient (Wildman–Crippen LogP) is 3.55. The molecule has 0 spiro atoms. The van der Waals surface area contributed by atoms with Gasteiger partial charge in [0.2, 0.25) is 0 Å². The lowest BCUT2D eigenvalue weighted by atomic mass is 10.1. The molecular weight excluding hydrogens is 231 g/mol. The predicted molar refractivity (Wildman–Crippen MR) is 63.2 cm³/mol. The van der Waals surface area contributed by atoms with Crippen molar-refractivity contribution in [2.24, 2.45) is 0 Å². The van der Waals surface area contributed by atoms with Gasteiger partial charge in [-0.3, -0.25) is 4.57 Å². The fourth-order valence-corrected chi connectivity index (χ4v) is 3.46. The van der Waals surface area contributed by atoms with Crippen molar-refractivity contribution >= 4 is 18.9 Å². The minimum atomic E-state index is -4.00. The second-order valence-corrected chi connectivity index (χ2v) is 6.24. The van der Waals surface area contributed by atoms with E-state index in [9.17, 15) is 14.4 Å². The van der Waals surface area contributed by atoms with Gasteiger partial charge in [0.1, 0.15) is 0 Å². The highest BCUT2D eigenvalue weighted by atomic mass is 32.1. The summed E-state index contributed by atoms with van der Waals surface area (Å²) in [5.74, 6) is 0. The lowest BCUT2D eigenvalue weighted by molar-refractivity contribution is 0.354. The average Bonchev–Trinajstić information content (AvgIpc) is 2.63. The maximum Gasteiger partial charge on any atom is 0.332 e. The summed E-state index contributed by atoms with van der Waals surface area (Å²) in [5.41, 5.74) is 0.180. The van der Waals surface area contributed by atoms with Gasteiger partial charge >= 0.3 is 7.60 Å². The molecule has 5 heteroatoms. The largest absolute Gasteiger partial charge is 0.332 e. The van der Waals surface area contributed by atoms with Crippen LogP contribution in [0.3, 0.4) is 0 Å². The van der Waals surface area contributed by atoms with Gasteiger partial charge in [0.05, 0.1) is 5.66 Å². The van der Waals surface area contributed by atoms with Crippen LogP contribution in [0.25, 0.3) is 0 Å². The van der Waals surface area contributed by atoms with Crippen molar-refractivity contribution in [3.63, 3.8) is 0 Å². The number of rotatable bonds is 6.